The number of hydrogen-bond donors (Lipinski definition) is 1. The Kier molecular flexibility index (Phi) is 3.57. The lowest BCUT2D eigenvalue weighted by Crippen LogP contribution is -2.55. The van der Waals surface area contributed by atoms with E-state index in [-0.39, 0.29) is 0 Å². The van der Waals surface area contributed by atoms with Crippen molar-refractivity contribution in [2.75, 3.05) is 25.0 Å². The molecular weight excluding hydrogens is 228 g/mol. The van der Waals surface area contributed by atoms with E-state index in [1.165, 1.54) is 0 Å². The lowest BCUT2D eigenvalue weighted by atomic mass is 10.1. The molecule has 0 aromatic heterocycles. The molecular formula is C14H20N2O2. The van der Waals surface area contributed by atoms with E-state index < -0.39 is 5.97 Å². The largest absolute Gasteiger partial charge is 0.478 e. The first kappa shape index (κ1) is 12.9. The second-order valence-electron chi connectivity index (χ2n) is 5.12. The standard InChI is InChI=1S/C14H20N2O2/c1-10-8-16(9-11(2)15(10)3)13-6-4-12(5-7-13)14(17)18/h4-7,10-11H,8-9H2,1-3H3,(H,17,18)/t10-,11+. The third kappa shape index (κ3) is 2.48. The predicted octanol–water partition coefficient (Wildman–Crippen LogP) is 1.91. The van der Waals surface area contributed by atoms with Crippen LogP contribution in [0.25, 0.3) is 0 Å². The third-order valence-corrected chi connectivity index (χ3v) is 3.84. The van der Waals surface area contributed by atoms with Crippen molar-refractivity contribution >= 4 is 11.7 Å². The first-order chi connectivity index (χ1) is 8.49. The quantitative estimate of drug-likeness (QED) is 0.868. The van der Waals surface area contributed by atoms with E-state index in [4.69, 9.17) is 5.11 Å². The Morgan fingerprint density at radius 3 is 2.11 bits per heavy atom. The van der Waals surface area contributed by atoms with E-state index in [2.05, 4.69) is 30.7 Å². The molecule has 1 N–H and O–H groups in total. The normalized spacial score (nSPS) is 25.2. The van der Waals surface area contributed by atoms with Crippen molar-refractivity contribution in [2.24, 2.45) is 0 Å². The fourth-order valence-corrected chi connectivity index (χ4v) is 2.43. The van der Waals surface area contributed by atoms with Crippen molar-refractivity contribution in [2.45, 2.75) is 25.9 Å². The summed E-state index contributed by atoms with van der Waals surface area (Å²) < 4.78 is 0. The van der Waals surface area contributed by atoms with Gasteiger partial charge in [0.25, 0.3) is 0 Å². The van der Waals surface area contributed by atoms with Gasteiger partial charge in [-0.25, -0.2) is 4.79 Å². The van der Waals surface area contributed by atoms with E-state index in [1.54, 1.807) is 12.1 Å². The third-order valence-electron chi connectivity index (χ3n) is 3.84. The maximum Gasteiger partial charge on any atom is 0.335 e. The Bertz CT molecular complexity index is 418. The highest BCUT2D eigenvalue weighted by atomic mass is 16.4. The molecule has 0 unspecified atom stereocenters. The molecule has 4 nitrogen and oxygen atoms in total. The Morgan fingerprint density at radius 1 is 1.17 bits per heavy atom. The van der Waals surface area contributed by atoms with Crippen molar-refractivity contribution in [1.29, 1.82) is 0 Å². The molecule has 0 spiro atoms. The SMILES string of the molecule is C[C@@H]1CN(c2ccc(C(=O)O)cc2)C[C@H](C)N1C. The van der Waals surface area contributed by atoms with E-state index in [0.29, 0.717) is 17.6 Å². The lowest BCUT2D eigenvalue weighted by molar-refractivity contribution is 0.0697. The summed E-state index contributed by atoms with van der Waals surface area (Å²) in [6.07, 6.45) is 0. The fourth-order valence-electron chi connectivity index (χ4n) is 2.43. The average Bonchev–Trinajstić information content (AvgIpc) is 2.35. The number of carboxylic acids is 1. The predicted molar refractivity (Wildman–Crippen MR) is 72.3 cm³/mol. The minimum absolute atomic E-state index is 0.342. The highest BCUT2D eigenvalue weighted by Crippen LogP contribution is 2.21. The highest BCUT2D eigenvalue weighted by Gasteiger charge is 2.26. The van der Waals surface area contributed by atoms with Gasteiger partial charge in [0, 0.05) is 30.9 Å². The summed E-state index contributed by atoms with van der Waals surface area (Å²) in [6.45, 7) is 6.39. The minimum atomic E-state index is -0.873. The van der Waals surface area contributed by atoms with Crippen LogP contribution < -0.4 is 4.90 Å². The van der Waals surface area contributed by atoms with Crippen molar-refractivity contribution in [3.63, 3.8) is 0 Å². The van der Waals surface area contributed by atoms with Gasteiger partial charge in [-0.1, -0.05) is 0 Å². The molecule has 1 aliphatic rings. The van der Waals surface area contributed by atoms with Crippen LogP contribution in [0.1, 0.15) is 24.2 Å². The van der Waals surface area contributed by atoms with Crippen LogP contribution in [0.4, 0.5) is 5.69 Å². The maximum absolute atomic E-state index is 10.8. The molecule has 1 aromatic rings. The molecule has 1 saturated heterocycles. The zero-order chi connectivity index (χ0) is 13.3. The number of benzene rings is 1. The number of hydrogen-bond acceptors (Lipinski definition) is 3. The van der Waals surface area contributed by atoms with Gasteiger partial charge < -0.3 is 10.0 Å². The molecule has 1 heterocycles. The fraction of sp³-hybridized carbons (Fsp3) is 0.500. The molecule has 2 rings (SSSR count). The first-order valence-electron chi connectivity index (χ1n) is 6.29. The minimum Gasteiger partial charge on any atom is -0.478 e. The summed E-state index contributed by atoms with van der Waals surface area (Å²) in [7, 11) is 2.15. The smallest absolute Gasteiger partial charge is 0.335 e. The molecule has 4 heteroatoms. The van der Waals surface area contributed by atoms with Crippen LogP contribution in [-0.4, -0.2) is 48.2 Å². The van der Waals surface area contributed by atoms with Gasteiger partial charge in [0.1, 0.15) is 0 Å². The van der Waals surface area contributed by atoms with Crippen LogP contribution in [0, 0.1) is 0 Å². The summed E-state index contributed by atoms with van der Waals surface area (Å²) in [6, 6.07) is 8.15. The molecule has 0 radical (unpaired) electrons. The highest BCUT2D eigenvalue weighted by molar-refractivity contribution is 5.88. The second-order valence-corrected chi connectivity index (χ2v) is 5.12. The van der Waals surface area contributed by atoms with Crippen LogP contribution in [-0.2, 0) is 0 Å². The average molecular weight is 248 g/mol. The van der Waals surface area contributed by atoms with Crippen LogP contribution in [0.5, 0.6) is 0 Å². The van der Waals surface area contributed by atoms with Crippen LogP contribution in [0.15, 0.2) is 24.3 Å². The number of anilines is 1. The van der Waals surface area contributed by atoms with Crippen LogP contribution in [0.3, 0.4) is 0 Å². The molecule has 1 aromatic carbocycles. The van der Waals surface area contributed by atoms with Gasteiger partial charge in [0.05, 0.1) is 5.56 Å². The van der Waals surface area contributed by atoms with Crippen LogP contribution in [0.2, 0.25) is 0 Å². The lowest BCUT2D eigenvalue weighted by Gasteiger charge is -2.43. The summed E-state index contributed by atoms with van der Waals surface area (Å²) in [5, 5.41) is 8.88. The number of nitrogens with zero attached hydrogens (tertiary/aromatic N) is 2. The topological polar surface area (TPSA) is 43.8 Å². The van der Waals surface area contributed by atoms with Gasteiger partial charge in [-0.3, -0.25) is 4.90 Å². The van der Waals surface area contributed by atoms with E-state index in [9.17, 15) is 4.79 Å². The zero-order valence-corrected chi connectivity index (χ0v) is 11.1. The molecule has 2 atom stereocenters. The van der Waals surface area contributed by atoms with E-state index in [1.807, 2.05) is 12.1 Å². The molecule has 0 saturated carbocycles. The molecule has 98 valence electrons. The van der Waals surface area contributed by atoms with E-state index >= 15 is 0 Å². The Labute approximate surface area is 108 Å². The van der Waals surface area contributed by atoms with Gasteiger partial charge in [-0.05, 0) is 45.2 Å². The van der Waals surface area contributed by atoms with Gasteiger partial charge in [-0.15, -0.1) is 0 Å². The van der Waals surface area contributed by atoms with Gasteiger partial charge in [0.15, 0.2) is 0 Å². The Balaban J connectivity index is 2.14. The number of rotatable bonds is 2. The molecule has 1 aliphatic heterocycles. The molecule has 1 fully saturated rings. The molecule has 0 amide bonds. The van der Waals surface area contributed by atoms with Gasteiger partial charge in [-0.2, -0.15) is 0 Å². The number of likely N-dealkylation sites (N-methyl/N-ethyl adjacent to an activating group) is 1. The summed E-state index contributed by atoms with van der Waals surface area (Å²) in [5.74, 6) is -0.873. The maximum atomic E-state index is 10.8. The van der Waals surface area contributed by atoms with Crippen molar-refractivity contribution in [1.82, 2.24) is 4.90 Å². The summed E-state index contributed by atoms with van der Waals surface area (Å²) >= 11 is 0. The molecule has 0 aliphatic carbocycles. The molecule has 0 bridgehead atoms. The number of carbonyl (C=O) groups is 1. The van der Waals surface area contributed by atoms with Crippen molar-refractivity contribution in [3.05, 3.63) is 29.8 Å². The Hall–Kier alpha value is -1.55. The number of carboxylic acid groups (broad SMARTS) is 1. The Morgan fingerprint density at radius 2 is 1.67 bits per heavy atom. The van der Waals surface area contributed by atoms with Crippen molar-refractivity contribution in [3.8, 4) is 0 Å². The van der Waals surface area contributed by atoms with Crippen molar-refractivity contribution < 1.29 is 9.90 Å². The number of piperazine rings is 1. The summed E-state index contributed by atoms with van der Waals surface area (Å²) in [4.78, 5) is 15.5. The number of aromatic carboxylic acids is 1. The first-order valence-corrected chi connectivity index (χ1v) is 6.29. The van der Waals surface area contributed by atoms with Gasteiger partial charge >= 0.3 is 5.97 Å². The summed E-state index contributed by atoms with van der Waals surface area (Å²) in [5.41, 5.74) is 1.45. The van der Waals surface area contributed by atoms with Gasteiger partial charge in [0.2, 0.25) is 0 Å². The molecule has 18 heavy (non-hydrogen) atoms. The second kappa shape index (κ2) is 4.98. The monoisotopic (exact) mass is 248 g/mol. The zero-order valence-electron chi connectivity index (χ0n) is 11.1. The van der Waals surface area contributed by atoms with E-state index in [0.717, 1.165) is 18.8 Å². The van der Waals surface area contributed by atoms with Crippen LogP contribution >= 0.6 is 0 Å².